The molecule has 7 heteroatoms. The smallest absolute Gasteiger partial charge is 0.228 e. The lowest BCUT2D eigenvalue weighted by Crippen LogP contribution is -2.30. The quantitative estimate of drug-likeness (QED) is 0.497. The maximum Gasteiger partial charge on any atom is 0.228 e. The fraction of sp³-hybridized carbons (Fsp3) is 0.304. The Morgan fingerprint density at radius 3 is 2.50 bits per heavy atom. The summed E-state index contributed by atoms with van der Waals surface area (Å²) in [5.74, 6) is -1.29. The summed E-state index contributed by atoms with van der Waals surface area (Å²) >= 11 is 0. The number of benzene rings is 2. The average molecular weight is 413 g/mol. The van der Waals surface area contributed by atoms with Crippen molar-refractivity contribution in [2.75, 3.05) is 6.54 Å². The van der Waals surface area contributed by atoms with E-state index in [1.807, 2.05) is 51.1 Å². The van der Waals surface area contributed by atoms with Crippen molar-refractivity contribution in [3.8, 4) is 17.3 Å². The Hall–Kier alpha value is -3.22. The summed E-state index contributed by atoms with van der Waals surface area (Å²) in [6.45, 7) is 6.52. The van der Waals surface area contributed by atoms with Crippen LogP contribution in [0.3, 0.4) is 0 Å². The molecular weight excluding hydrogens is 388 g/mol. The number of hydrogen-bond acceptors (Lipinski definition) is 3. The number of amides is 1. The lowest BCUT2D eigenvalue weighted by molar-refractivity contribution is -0.131. The molecule has 0 aliphatic heterocycles. The highest BCUT2D eigenvalue weighted by molar-refractivity contribution is 5.76. The number of aryl methyl sites for hydroxylation is 1. The van der Waals surface area contributed by atoms with E-state index in [1.54, 1.807) is 9.58 Å². The molecule has 5 nitrogen and oxygen atoms in total. The first-order chi connectivity index (χ1) is 14.4. The van der Waals surface area contributed by atoms with Crippen LogP contribution in [-0.4, -0.2) is 27.1 Å². The predicted octanol–water partition coefficient (Wildman–Crippen LogP) is 5.40. The van der Waals surface area contributed by atoms with Crippen molar-refractivity contribution >= 4 is 5.91 Å². The van der Waals surface area contributed by atoms with E-state index in [1.165, 1.54) is 6.07 Å². The van der Waals surface area contributed by atoms with Gasteiger partial charge in [0.2, 0.25) is 11.8 Å². The van der Waals surface area contributed by atoms with Crippen molar-refractivity contribution in [1.29, 1.82) is 0 Å². The van der Waals surface area contributed by atoms with E-state index in [0.717, 1.165) is 24.2 Å². The molecule has 0 atom stereocenters. The van der Waals surface area contributed by atoms with Crippen LogP contribution >= 0.6 is 0 Å². The topological polar surface area (TPSA) is 47.4 Å². The van der Waals surface area contributed by atoms with Crippen LogP contribution in [0, 0.1) is 18.6 Å². The SMILES string of the molecule is CCCN(Cc1c(C)nn(-c2ccccc2)c1Oc1ccc(F)cc1F)C(=O)CC. The van der Waals surface area contributed by atoms with Gasteiger partial charge in [-0.2, -0.15) is 5.10 Å². The molecule has 158 valence electrons. The second kappa shape index (κ2) is 9.52. The summed E-state index contributed by atoms with van der Waals surface area (Å²) in [6, 6.07) is 12.5. The summed E-state index contributed by atoms with van der Waals surface area (Å²) in [4.78, 5) is 14.2. The average Bonchev–Trinajstić information content (AvgIpc) is 3.05. The van der Waals surface area contributed by atoms with Gasteiger partial charge in [0.15, 0.2) is 11.6 Å². The largest absolute Gasteiger partial charge is 0.435 e. The molecule has 2 aromatic carbocycles. The van der Waals surface area contributed by atoms with Crippen LogP contribution in [-0.2, 0) is 11.3 Å². The summed E-state index contributed by atoms with van der Waals surface area (Å²) in [5, 5.41) is 4.58. The zero-order chi connectivity index (χ0) is 21.7. The molecule has 0 spiro atoms. The zero-order valence-corrected chi connectivity index (χ0v) is 17.4. The highest BCUT2D eigenvalue weighted by Crippen LogP contribution is 2.33. The van der Waals surface area contributed by atoms with Gasteiger partial charge in [0.1, 0.15) is 5.82 Å². The van der Waals surface area contributed by atoms with Gasteiger partial charge in [-0.25, -0.2) is 13.5 Å². The minimum Gasteiger partial charge on any atom is -0.435 e. The molecule has 0 aliphatic carbocycles. The van der Waals surface area contributed by atoms with Gasteiger partial charge in [0, 0.05) is 19.0 Å². The highest BCUT2D eigenvalue weighted by atomic mass is 19.1. The van der Waals surface area contributed by atoms with Crippen LogP contribution in [0.5, 0.6) is 11.6 Å². The van der Waals surface area contributed by atoms with Crippen molar-refractivity contribution in [2.45, 2.75) is 40.2 Å². The summed E-state index contributed by atoms with van der Waals surface area (Å²) in [5.41, 5.74) is 2.08. The van der Waals surface area contributed by atoms with Crippen molar-refractivity contribution in [1.82, 2.24) is 14.7 Å². The van der Waals surface area contributed by atoms with Crippen LogP contribution in [0.15, 0.2) is 48.5 Å². The molecule has 1 amide bonds. The number of hydrogen-bond donors (Lipinski definition) is 0. The molecule has 0 saturated carbocycles. The van der Waals surface area contributed by atoms with Gasteiger partial charge >= 0.3 is 0 Å². The first-order valence-electron chi connectivity index (χ1n) is 9.99. The van der Waals surface area contributed by atoms with Gasteiger partial charge in [0.05, 0.1) is 23.5 Å². The third-order valence-electron chi connectivity index (χ3n) is 4.74. The second-order valence-corrected chi connectivity index (χ2v) is 6.96. The number of nitrogens with zero attached hydrogens (tertiary/aromatic N) is 3. The van der Waals surface area contributed by atoms with Gasteiger partial charge in [-0.15, -0.1) is 0 Å². The van der Waals surface area contributed by atoms with Crippen molar-refractivity contribution in [2.24, 2.45) is 0 Å². The van der Waals surface area contributed by atoms with Crippen molar-refractivity contribution in [3.05, 3.63) is 71.4 Å². The van der Waals surface area contributed by atoms with E-state index in [9.17, 15) is 13.6 Å². The van der Waals surface area contributed by atoms with Gasteiger partial charge in [0.25, 0.3) is 0 Å². The first kappa shape index (κ1) is 21.5. The fourth-order valence-corrected chi connectivity index (χ4v) is 3.21. The third-order valence-corrected chi connectivity index (χ3v) is 4.74. The minimum atomic E-state index is -0.811. The zero-order valence-electron chi connectivity index (χ0n) is 17.4. The Kier molecular flexibility index (Phi) is 6.82. The molecule has 0 bridgehead atoms. The number of ether oxygens (including phenoxy) is 1. The molecular formula is C23H25F2N3O2. The van der Waals surface area contributed by atoms with Crippen LogP contribution in [0.2, 0.25) is 0 Å². The molecule has 3 aromatic rings. The van der Waals surface area contributed by atoms with Gasteiger partial charge in [-0.1, -0.05) is 32.0 Å². The third kappa shape index (κ3) is 4.67. The van der Waals surface area contributed by atoms with Crippen molar-refractivity contribution < 1.29 is 18.3 Å². The van der Waals surface area contributed by atoms with Crippen molar-refractivity contribution in [3.63, 3.8) is 0 Å². The van der Waals surface area contributed by atoms with Crippen LogP contribution < -0.4 is 4.74 Å². The number of carbonyl (C=O) groups is 1. The monoisotopic (exact) mass is 413 g/mol. The Morgan fingerprint density at radius 2 is 1.87 bits per heavy atom. The molecule has 0 radical (unpaired) electrons. The van der Waals surface area contributed by atoms with E-state index in [2.05, 4.69) is 5.10 Å². The van der Waals surface area contributed by atoms with Gasteiger partial charge < -0.3 is 9.64 Å². The lowest BCUT2D eigenvalue weighted by atomic mass is 10.2. The molecule has 0 unspecified atom stereocenters. The standard InChI is InChI=1S/C23H25F2N3O2/c1-4-13-27(22(29)5-2)15-19-16(3)26-28(18-9-7-6-8-10-18)23(19)30-21-12-11-17(24)14-20(21)25/h6-12,14H,4-5,13,15H2,1-3H3. The van der Waals surface area contributed by atoms with Gasteiger partial charge in [-0.3, -0.25) is 4.79 Å². The maximum atomic E-state index is 14.3. The Morgan fingerprint density at radius 1 is 1.13 bits per heavy atom. The Labute approximate surface area is 174 Å². The van der Waals surface area contributed by atoms with Crippen LogP contribution in [0.1, 0.15) is 37.9 Å². The molecule has 1 heterocycles. The van der Waals surface area contributed by atoms with Gasteiger partial charge in [-0.05, 0) is 37.6 Å². The normalized spacial score (nSPS) is 10.8. The molecule has 0 N–H and O–H groups in total. The molecule has 30 heavy (non-hydrogen) atoms. The molecule has 1 aromatic heterocycles. The first-order valence-corrected chi connectivity index (χ1v) is 9.99. The number of aromatic nitrogens is 2. The number of rotatable bonds is 8. The van der Waals surface area contributed by atoms with Crippen LogP contribution in [0.4, 0.5) is 8.78 Å². The predicted molar refractivity (Wildman–Crippen MR) is 111 cm³/mol. The molecule has 0 saturated heterocycles. The summed E-state index contributed by atoms with van der Waals surface area (Å²) in [6.07, 6.45) is 1.19. The highest BCUT2D eigenvalue weighted by Gasteiger charge is 2.23. The number of halogens is 2. The maximum absolute atomic E-state index is 14.3. The Bertz CT molecular complexity index is 1020. The molecule has 0 aliphatic rings. The lowest BCUT2D eigenvalue weighted by Gasteiger charge is -2.22. The number of para-hydroxylation sites is 1. The van der Waals surface area contributed by atoms with E-state index >= 15 is 0 Å². The number of carbonyl (C=O) groups excluding carboxylic acids is 1. The summed E-state index contributed by atoms with van der Waals surface area (Å²) < 4.78 is 35.1. The van der Waals surface area contributed by atoms with E-state index in [-0.39, 0.29) is 18.2 Å². The summed E-state index contributed by atoms with van der Waals surface area (Å²) in [7, 11) is 0. The van der Waals surface area contributed by atoms with Crippen LogP contribution in [0.25, 0.3) is 5.69 Å². The van der Waals surface area contributed by atoms with E-state index < -0.39 is 11.6 Å². The Balaban J connectivity index is 2.09. The minimum absolute atomic E-state index is 0.0163. The molecule has 0 fully saturated rings. The van der Waals surface area contributed by atoms with E-state index in [4.69, 9.17) is 4.74 Å². The fourth-order valence-electron chi connectivity index (χ4n) is 3.21. The molecule has 3 rings (SSSR count). The second-order valence-electron chi connectivity index (χ2n) is 6.96. The van der Waals surface area contributed by atoms with E-state index in [0.29, 0.717) is 30.1 Å².